The molecule has 6 heteroatoms. The molecule has 0 saturated carbocycles. The summed E-state index contributed by atoms with van der Waals surface area (Å²) in [5.74, 6) is 1.24. The average Bonchev–Trinajstić information content (AvgIpc) is 2.55. The predicted molar refractivity (Wildman–Crippen MR) is 82.6 cm³/mol. The minimum Gasteiger partial charge on any atom is -0.358 e. The molecule has 4 rings (SSSR count). The summed E-state index contributed by atoms with van der Waals surface area (Å²) in [6, 6.07) is 6.20. The Morgan fingerprint density at radius 2 is 2.26 bits per heavy atom. The van der Waals surface area contributed by atoms with Crippen LogP contribution < -0.4 is 5.32 Å². The number of benzene rings is 1. The molecule has 0 radical (unpaired) electrons. The van der Waals surface area contributed by atoms with Crippen molar-refractivity contribution in [3.63, 3.8) is 0 Å². The van der Waals surface area contributed by atoms with Crippen molar-refractivity contribution >= 4 is 6.03 Å². The first-order chi connectivity index (χ1) is 11.2. The van der Waals surface area contributed by atoms with Gasteiger partial charge in [0.1, 0.15) is 11.6 Å². The van der Waals surface area contributed by atoms with Gasteiger partial charge in [0.25, 0.3) is 0 Å². The Kier molecular flexibility index (Phi) is 3.69. The molecule has 1 N–H and O–H groups in total. The number of ether oxygens (including phenoxy) is 1. The maximum Gasteiger partial charge on any atom is 0.325 e. The van der Waals surface area contributed by atoms with E-state index in [0.717, 1.165) is 31.0 Å². The van der Waals surface area contributed by atoms with Crippen molar-refractivity contribution in [1.82, 2.24) is 15.1 Å². The van der Waals surface area contributed by atoms with Crippen LogP contribution in [0.2, 0.25) is 0 Å². The highest BCUT2D eigenvalue weighted by Gasteiger charge is 2.38. The monoisotopic (exact) mass is 317 g/mol. The molecule has 2 amide bonds. The molecule has 0 aliphatic carbocycles. The van der Waals surface area contributed by atoms with E-state index in [2.05, 4.69) is 10.2 Å². The number of rotatable bonds is 3. The summed E-state index contributed by atoms with van der Waals surface area (Å²) in [5.41, 5.74) is 0.752. The van der Waals surface area contributed by atoms with Crippen molar-refractivity contribution in [2.24, 2.45) is 5.92 Å². The van der Waals surface area contributed by atoms with Gasteiger partial charge in [-0.3, -0.25) is 4.90 Å². The molecule has 3 heterocycles. The predicted octanol–water partition coefficient (Wildman–Crippen LogP) is 2.26. The third-order valence-corrected chi connectivity index (χ3v) is 4.69. The molecule has 2 atom stereocenters. The number of urea groups is 1. The number of nitrogens with zero attached hydrogens (tertiary/aromatic N) is 2. The first-order valence-corrected chi connectivity index (χ1v) is 8.10. The van der Waals surface area contributed by atoms with Gasteiger partial charge in [0.15, 0.2) is 6.23 Å². The number of piperidine rings is 1. The Bertz CT molecular complexity index is 648. The Morgan fingerprint density at radius 3 is 3.13 bits per heavy atom. The van der Waals surface area contributed by atoms with Gasteiger partial charge >= 0.3 is 6.03 Å². The maximum absolute atomic E-state index is 13.2. The molecular formula is C17H20FN3O2. The van der Waals surface area contributed by atoms with E-state index in [1.54, 1.807) is 6.07 Å². The van der Waals surface area contributed by atoms with Gasteiger partial charge in [-0.1, -0.05) is 12.1 Å². The zero-order valence-corrected chi connectivity index (χ0v) is 12.9. The van der Waals surface area contributed by atoms with Gasteiger partial charge in [0.05, 0.1) is 6.61 Å². The SMILES string of the molecule is O=C1NC(OCc2cccc(F)c2)C=C2N3CCCC(C3)CN12. The first-order valence-electron chi connectivity index (χ1n) is 8.10. The maximum atomic E-state index is 13.2. The zero-order valence-electron chi connectivity index (χ0n) is 12.9. The third kappa shape index (κ3) is 2.91. The van der Waals surface area contributed by atoms with Crippen LogP contribution in [-0.2, 0) is 11.3 Å². The Labute approximate surface area is 134 Å². The lowest BCUT2D eigenvalue weighted by molar-refractivity contribution is 0.0241. The summed E-state index contributed by atoms with van der Waals surface area (Å²) in [6.07, 6.45) is 3.84. The molecule has 3 aliphatic heterocycles. The fourth-order valence-electron chi connectivity index (χ4n) is 3.61. The van der Waals surface area contributed by atoms with Gasteiger partial charge < -0.3 is 15.0 Å². The smallest absolute Gasteiger partial charge is 0.325 e. The van der Waals surface area contributed by atoms with Gasteiger partial charge in [-0.15, -0.1) is 0 Å². The van der Waals surface area contributed by atoms with E-state index in [9.17, 15) is 9.18 Å². The van der Waals surface area contributed by atoms with Crippen molar-refractivity contribution in [3.05, 3.63) is 47.5 Å². The van der Waals surface area contributed by atoms with E-state index >= 15 is 0 Å². The number of amides is 2. The number of nitrogens with one attached hydrogen (secondary N) is 1. The molecule has 5 nitrogen and oxygen atoms in total. The van der Waals surface area contributed by atoms with Crippen LogP contribution >= 0.6 is 0 Å². The summed E-state index contributed by atoms with van der Waals surface area (Å²) < 4.78 is 19.0. The first kappa shape index (κ1) is 14.5. The van der Waals surface area contributed by atoms with Crippen LogP contribution in [0.5, 0.6) is 0 Å². The quantitative estimate of drug-likeness (QED) is 0.930. The summed E-state index contributed by atoms with van der Waals surface area (Å²) in [6.45, 7) is 3.05. The van der Waals surface area contributed by atoms with Gasteiger partial charge in [0.2, 0.25) is 0 Å². The lowest BCUT2D eigenvalue weighted by Gasteiger charge is -2.48. The number of hydrogen-bond donors (Lipinski definition) is 1. The van der Waals surface area contributed by atoms with Crippen LogP contribution in [0.4, 0.5) is 9.18 Å². The molecule has 2 bridgehead atoms. The Morgan fingerprint density at radius 1 is 1.35 bits per heavy atom. The number of fused-ring (bicyclic) bond motifs is 4. The zero-order chi connectivity index (χ0) is 15.8. The average molecular weight is 317 g/mol. The second-order valence-corrected chi connectivity index (χ2v) is 6.40. The van der Waals surface area contributed by atoms with Crippen molar-refractivity contribution in [2.75, 3.05) is 19.6 Å². The van der Waals surface area contributed by atoms with E-state index in [4.69, 9.17) is 4.74 Å². The molecule has 3 aliphatic rings. The lowest BCUT2D eigenvalue weighted by Crippen LogP contribution is -2.59. The number of carbonyl (C=O) groups excluding carboxylic acids is 1. The Hall–Kier alpha value is -2.08. The van der Waals surface area contributed by atoms with E-state index in [1.807, 2.05) is 17.0 Å². The van der Waals surface area contributed by atoms with Crippen LogP contribution in [0.25, 0.3) is 0 Å². The van der Waals surface area contributed by atoms with E-state index in [0.29, 0.717) is 5.92 Å². The standard InChI is InChI=1S/C17H20FN3O2/c18-14-5-1-3-12(7-14)11-23-15-8-16-20-6-2-4-13(9-20)10-21(16)17(22)19-15/h1,3,5,7-8,13,15H,2,4,6,9-11H2,(H,19,22). The van der Waals surface area contributed by atoms with Crippen LogP contribution in [0, 0.1) is 11.7 Å². The number of halogens is 1. The van der Waals surface area contributed by atoms with E-state index < -0.39 is 6.23 Å². The highest BCUT2D eigenvalue weighted by molar-refractivity contribution is 5.78. The fourth-order valence-corrected chi connectivity index (χ4v) is 3.61. The van der Waals surface area contributed by atoms with Crippen LogP contribution in [0.15, 0.2) is 36.2 Å². The van der Waals surface area contributed by atoms with Crippen molar-refractivity contribution in [3.8, 4) is 0 Å². The minimum atomic E-state index is -0.476. The molecule has 23 heavy (non-hydrogen) atoms. The summed E-state index contributed by atoms with van der Waals surface area (Å²) in [4.78, 5) is 16.4. The molecule has 122 valence electrons. The topological polar surface area (TPSA) is 44.8 Å². The van der Waals surface area contributed by atoms with Crippen LogP contribution in [0.3, 0.4) is 0 Å². The van der Waals surface area contributed by atoms with Crippen molar-refractivity contribution < 1.29 is 13.9 Å². The fraction of sp³-hybridized carbons (Fsp3) is 0.471. The molecule has 2 fully saturated rings. The highest BCUT2D eigenvalue weighted by Crippen LogP contribution is 2.31. The third-order valence-electron chi connectivity index (χ3n) is 4.69. The van der Waals surface area contributed by atoms with Crippen LogP contribution in [0.1, 0.15) is 18.4 Å². The Balaban J connectivity index is 1.48. The van der Waals surface area contributed by atoms with Gasteiger partial charge in [-0.05, 0) is 36.5 Å². The van der Waals surface area contributed by atoms with Crippen molar-refractivity contribution in [1.29, 1.82) is 0 Å². The molecule has 1 aromatic carbocycles. The van der Waals surface area contributed by atoms with Crippen molar-refractivity contribution in [2.45, 2.75) is 25.7 Å². The number of hydrogen-bond acceptors (Lipinski definition) is 3. The molecule has 2 saturated heterocycles. The van der Waals surface area contributed by atoms with Gasteiger partial charge in [0, 0.05) is 25.7 Å². The van der Waals surface area contributed by atoms with E-state index in [1.165, 1.54) is 25.0 Å². The lowest BCUT2D eigenvalue weighted by atomic mass is 9.94. The van der Waals surface area contributed by atoms with E-state index in [-0.39, 0.29) is 18.5 Å². The summed E-state index contributed by atoms with van der Waals surface area (Å²) in [5, 5.41) is 2.86. The van der Waals surface area contributed by atoms with Gasteiger partial charge in [-0.2, -0.15) is 0 Å². The highest BCUT2D eigenvalue weighted by atomic mass is 19.1. The number of carbonyl (C=O) groups is 1. The minimum absolute atomic E-state index is 0.108. The largest absolute Gasteiger partial charge is 0.358 e. The molecular weight excluding hydrogens is 297 g/mol. The second-order valence-electron chi connectivity index (χ2n) is 6.40. The second kappa shape index (κ2) is 5.85. The summed E-state index contributed by atoms with van der Waals surface area (Å²) >= 11 is 0. The van der Waals surface area contributed by atoms with Crippen LogP contribution in [-0.4, -0.2) is 41.7 Å². The normalized spacial score (nSPS) is 26.5. The molecule has 0 spiro atoms. The van der Waals surface area contributed by atoms with Gasteiger partial charge in [-0.25, -0.2) is 9.18 Å². The summed E-state index contributed by atoms with van der Waals surface area (Å²) in [7, 11) is 0. The molecule has 0 aromatic heterocycles. The molecule has 2 unspecified atom stereocenters. The molecule has 1 aromatic rings.